The van der Waals surface area contributed by atoms with Gasteiger partial charge in [-0.2, -0.15) is 0 Å². The average Bonchev–Trinajstić information content (AvgIpc) is 2.93. The summed E-state index contributed by atoms with van der Waals surface area (Å²) >= 11 is 0. The lowest BCUT2D eigenvalue weighted by Crippen LogP contribution is -2.51. The lowest BCUT2D eigenvalue weighted by Gasteiger charge is -2.35. The summed E-state index contributed by atoms with van der Waals surface area (Å²) in [5.74, 6) is -0.605. The van der Waals surface area contributed by atoms with Gasteiger partial charge in [0.05, 0.1) is 17.7 Å². The van der Waals surface area contributed by atoms with Gasteiger partial charge in [-0.15, -0.1) is 0 Å². The maximum absolute atomic E-state index is 14.7. The van der Waals surface area contributed by atoms with Crippen molar-refractivity contribution in [1.82, 2.24) is 9.80 Å². The van der Waals surface area contributed by atoms with E-state index in [1.165, 1.54) is 49.6 Å². The second-order valence-corrected chi connectivity index (χ2v) is 10.5. The quantitative estimate of drug-likeness (QED) is 0.426. The summed E-state index contributed by atoms with van der Waals surface area (Å²) in [5.41, 5.74) is 0.957. The first kappa shape index (κ1) is 26.4. The Balaban J connectivity index is 1.44. The Morgan fingerprint density at radius 1 is 0.946 bits per heavy atom. The maximum atomic E-state index is 14.7. The number of hydrogen-bond acceptors (Lipinski definition) is 5. The molecule has 1 aliphatic heterocycles. The van der Waals surface area contributed by atoms with Crippen LogP contribution in [-0.4, -0.2) is 70.5 Å². The molecule has 0 aliphatic carbocycles. The Kier molecular flexibility index (Phi) is 8.58. The van der Waals surface area contributed by atoms with Crippen LogP contribution in [-0.2, 0) is 14.8 Å². The maximum Gasteiger partial charge on any atom is 0.264 e. The first-order valence-electron chi connectivity index (χ1n) is 12.0. The highest BCUT2D eigenvalue weighted by atomic mass is 32.2. The molecule has 0 radical (unpaired) electrons. The predicted octanol–water partition coefficient (Wildman–Crippen LogP) is 3.89. The van der Waals surface area contributed by atoms with Crippen LogP contribution in [0.2, 0.25) is 0 Å². The van der Waals surface area contributed by atoms with Crippen molar-refractivity contribution in [3.05, 3.63) is 96.3 Å². The molecule has 3 aromatic rings. The number of piperazine rings is 1. The first-order valence-corrected chi connectivity index (χ1v) is 13.5. The third-order valence-electron chi connectivity index (χ3n) is 6.25. The number of hydrogen-bond donors (Lipinski definition) is 0. The minimum Gasteiger partial charge on any atom is -0.497 e. The van der Waals surface area contributed by atoms with Gasteiger partial charge in [-0.1, -0.05) is 54.6 Å². The molecule has 4 rings (SSSR count). The molecule has 1 aliphatic rings. The van der Waals surface area contributed by atoms with Gasteiger partial charge >= 0.3 is 0 Å². The normalized spacial score (nSPS) is 14.6. The number of nitrogens with zero attached hydrogens (tertiary/aromatic N) is 3. The fraction of sp³-hybridized carbons (Fsp3) is 0.250. The van der Waals surface area contributed by atoms with Gasteiger partial charge in [0.1, 0.15) is 18.1 Å². The second kappa shape index (κ2) is 12.0. The van der Waals surface area contributed by atoms with Crippen molar-refractivity contribution in [2.24, 2.45) is 0 Å². The number of anilines is 1. The van der Waals surface area contributed by atoms with Gasteiger partial charge in [0.15, 0.2) is 0 Å². The van der Waals surface area contributed by atoms with Crippen LogP contribution in [0.1, 0.15) is 5.56 Å². The minimum atomic E-state index is -4.21. The van der Waals surface area contributed by atoms with Crippen LogP contribution in [0.5, 0.6) is 5.75 Å². The molecule has 9 heteroatoms. The SMILES string of the molecule is COc1ccc(S(=O)(=O)N(CC(=O)N2CCN(C/C=C/c3ccccc3)CC2)c2ccccc2F)cc1. The molecule has 1 amide bonds. The Morgan fingerprint density at radius 2 is 1.59 bits per heavy atom. The summed E-state index contributed by atoms with van der Waals surface area (Å²) in [4.78, 5) is 17.0. The molecular formula is C28H30FN3O4S. The average molecular weight is 524 g/mol. The van der Waals surface area contributed by atoms with Gasteiger partial charge in [-0.05, 0) is 42.0 Å². The third-order valence-corrected chi connectivity index (χ3v) is 8.02. The van der Waals surface area contributed by atoms with Crippen LogP contribution in [0.15, 0.2) is 89.8 Å². The smallest absolute Gasteiger partial charge is 0.264 e. The molecule has 0 spiro atoms. The third kappa shape index (κ3) is 6.55. The van der Waals surface area contributed by atoms with Gasteiger partial charge in [0.2, 0.25) is 5.91 Å². The molecular weight excluding hydrogens is 493 g/mol. The highest BCUT2D eigenvalue weighted by molar-refractivity contribution is 7.92. The number of ether oxygens (including phenoxy) is 1. The van der Waals surface area contributed by atoms with E-state index < -0.39 is 22.4 Å². The van der Waals surface area contributed by atoms with E-state index in [0.717, 1.165) is 16.4 Å². The Labute approximate surface area is 217 Å². The van der Waals surface area contributed by atoms with Crippen molar-refractivity contribution in [1.29, 1.82) is 0 Å². The molecule has 0 atom stereocenters. The van der Waals surface area contributed by atoms with Gasteiger partial charge in [0.25, 0.3) is 10.0 Å². The summed E-state index contributed by atoms with van der Waals surface area (Å²) in [5, 5.41) is 0. The topological polar surface area (TPSA) is 70.2 Å². The van der Waals surface area contributed by atoms with E-state index in [4.69, 9.17) is 4.74 Å². The fourth-order valence-electron chi connectivity index (χ4n) is 4.13. The fourth-order valence-corrected chi connectivity index (χ4v) is 5.56. The van der Waals surface area contributed by atoms with Gasteiger partial charge in [0, 0.05) is 32.7 Å². The number of para-hydroxylation sites is 1. The zero-order valence-corrected chi connectivity index (χ0v) is 21.5. The summed E-state index contributed by atoms with van der Waals surface area (Å²) < 4.78 is 47.7. The number of carbonyl (C=O) groups is 1. The largest absolute Gasteiger partial charge is 0.497 e. The lowest BCUT2D eigenvalue weighted by molar-refractivity contribution is -0.131. The molecule has 0 bridgehead atoms. The molecule has 0 N–H and O–H groups in total. The Hall–Kier alpha value is -3.69. The molecule has 194 valence electrons. The molecule has 0 aromatic heterocycles. The van der Waals surface area contributed by atoms with Crippen molar-refractivity contribution in [2.75, 3.05) is 50.7 Å². The molecule has 0 saturated carbocycles. The minimum absolute atomic E-state index is 0.0561. The molecule has 0 unspecified atom stereocenters. The van der Waals surface area contributed by atoms with Crippen molar-refractivity contribution in [3.8, 4) is 5.75 Å². The number of carbonyl (C=O) groups excluding carboxylic acids is 1. The summed E-state index contributed by atoms with van der Waals surface area (Å²) in [6.45, 7) is 2.51. The van der Waals surface area contributed by atoms with Crippen molar-refractivity contribution >= 4 is 27.7 Å². The number of halogens is 1. The van der Waals surface area contributed by atoms with E-state index in [9.17, 15) is 17.6 Å². The number of rotatable bonds is 9. The van der Waals surface area contributed by atoms with Crippen LogP contribution < -0.4 is 9.04 Å². The van der Waals surface area contributed by atoms with E-state index >= 15 is 0 Å². The van der Waals surface area contributed by atoms with Crippen LogP contribution in [0.4, 0.5) is 10.1 Å². The molecule has 37 heavy (non-hydrogen) atoms. The van der Waals surface area contributed by atoms with E-state index in [2.05, 4.69) is 17.1 Å². The summed E-state index contributed by atoms with van der Waals surface area (Å²) in [6.07, 6.45) is 4.15. The zero-order valence-electron chi connectivity index (χ0n) is 20.7. The number of amides is 1. The molecule has 1 heterocycles. The molecule has 3 aromatic carbocycles. The van der Waals surface area contributed by atoms with Crippen molar-refractivity contribution in [2.45, 2.75) is 4.90 Å². The molecule has 1 fully saturated rings. The highest BCUT2D eigenvalue weighted by Gasteiger charge is 2.31. The van der Waals surface area contributed by atoms with E-state index in [1.807, 2.05) is 30.3 Å². The number of methoxy groups -OCH3 is 1. The number of benzene rings is 3. The van der Waals surface area contributed by atoms with Gasteiger partial charge < -0.3 is 9.64 Å². The van der Waals surface area contributed by atoms with E-state index in [0.29, 0.717) is 31.9 Å². The zero-order chi connectivity index (χ0) is 26.3. The van der Waals surface area contributed by atoms with Crippen LogP contribution in [0.25, 0.3) is 6.08 Å². The standard InChI is InChI=1S/C28H30FN3O4S/c1-36-24-13-15-25(16-14-24)37(34,35)32(27-12-6-5-11-26(27)29)22-28(33)31-20-18-30(19-21-31)17-7-10-23-8-3-2-4-9-23/h2-16H,17-22H2,1H3/b10-7+. The van der Waals surface area contributed by atoms with Crippen LogP contribution >= 0.6 is 0 Å². The predicted molar refractivity (Wildman–Crippen MR) is 142 cm³/mol. The lowest BCUT2D eigenvalue weighted by atomic mass is 10.2. The van der Waals surface area contributed by atoms with Crippen molar-refractivity contribution < 1.29 is 22.3 Å². The van der Waals surface area contributed by atoms with Gasteiger partial charge in [-0.25, -0.2) is 12.8 Å². The van der Waals surface area contributed by atoms with Crippen molar-refractivity contribution in [3.63, 3.8) is 0 Å². The monoisotopic (exact) mass is 523 g/mol. The van der Waals surface area contributed by atoms with Gasteiger partial charge in [-0.3, -0.25) is 14.0 Å². The molecule has 7 nitrogen and oxygen atoms in total. The number of sulfonamides is 1. The summed E-state index contributed by atoms with van der Waals surface area (Å²) in [6, 6.07) is 21.4. The Bertz CT molecular complexity index is 1320. The molecule has 1 saturated heterocycles. The van der Waals surface area contributed by atoms with E-state index in [1.54, 1.807) is 11.0 Å². The second-order valence-electron chi connectivity index (χ2n) is 8.63. The highest BCUT2D eigenvalue weighted by Crippen LogP contribution is 2.27. The Morgan fingerprint density at radius 3 is 2.24 bits per heavy atom. The summed E-state index contributed by atoms with van der Waals surface area (Å²) in [7, 11) is -2.73. The first-order chi connectivity index (χ1) is 17.9. The van der Waals surface area contributed by atoms with Crippen LogP contribution in [0.3, 0.4) is 0 Å². The van der Waals surface area contributed by atoms with Crippen LogP contribution in [0, 0.1) is 5.82 Å². The van der Waals surface area contributed by atoms with E-state index in [-0.39, 0.29) is 16.5 Å².